The van der Waals surface area contributed by atoms with Crippen molar-refractivity contribution in [2.75, 3.05) is 0 Å². The van der Waals surface area contributed by atoms with Crippen LogP contribution in [0.5, 0.6) is 0 Å². The van der Waals surface area contributed by atoms with Gasteiger partial charge in [-0.1, -0.05) is 64.9 Å². The third kappa shape index (κ3) is 8.00. The number of rotatable bonds is 7. The van der Waals surface area contributed by atoms with Crippen LogP contribution in [0.3, 0.4) is 0 Å². The molecule has 0 saturated heterocycles. The Hall–Kier alpha value is 0. The van der Waals surface area contributed by atoms with E-state index in [0.29, 0.717) is 0 Å². The predicted octanol–water partition coefficient (Wildman–Crippen LogP) is 4.15. The van der Waals surface area contributed by atoms with Crippen molar-refractivity contribution >= 4 is 0 Å². The molecule has 0 bridgehead atoms. The number of hydrogen-bond donors (Lipinski definition) is 0. The Morgan fingerprint density at radius 3 is 2.50 bits per heavy atom. The van der Waals surface area contributed by atoms with E-state index < -0.39 is 51.5 Å². The van der Waals surface area contributed by atoms with E-state index in [2.05, 4.69) is 0 Å². The highest BCUT2D eigenvalue weighted by Crippen LogP contribution is 2.07. The molecule has 0 N–H and O–H groups in total. The van der Waals surface area contributed by atoms with Gasteiger partial charge in [-0.05, 0) is 0 Å². The van der Waals surface area contributed by atoms with Gasteiger partial charge in [0.2, 0.25) is 0 Å². The first-order valence-corrected chi connectivity index (χ1v) is 3.06. The Labute approximate surface area is 87.1 Å². The first-order valence-electron chi connectivity index (χ1n) is 10.6. The lowest BCUT2D eigenvalue weighted by molar-refractivity contribution is 0.585. The van der Waals surface area contributed by atoms with Crippen molar-refractivity contribution in [2.24, 2.45) is 0 Å². The Kier molecular flexibility index (Phi) is 1.27. The van der Waals surface area contributed by atoms with Crippen molar-refractivity contribution in [1.29, 1.82) is 0 Å². The summed E-state index contributed by atoms with van der Waals surface area (Å²) in [4.78, 5) is 0. The summed E-state index contributed by atoms with van der Waals surface area (Å²) >= 11 is 0. The maximum atomic E-state index is 7.79. The van der Waals surface area contributed by atoms with Gasteiger partial charge in [-0.15, -0.1) is 0 Å². The van der Waals surface area contributed by atoms with E-state index in [-0.39, 0.29) is 6.42 Å². The van der Waals surface area contributed by atoms with Crippen molar-refractivity contribution in [3.8, 4) is 0 Å². The average molecular weight is 157 g/mol. The summed E-state index contributed by atoms with van der Waals surface area (Å²) in [5, 5.41) is 0. The molecule has 0 aromatic heterocycles. The summed E-state index contributed by atoms with van der Waals surface area (Å²) in [6.07, 6.45) is -22.6. The highest BCUT2D eigenvalue weighted by Gasteiger charge is 1.87. The standard InChI is InChI=1S/C10H22/c1-3-5-7-9-10-8-6-4-2/h3-10H2,1-2H3/i1D3,3D2,5D2,7D2,8D2,9D2,10D2. The molecule has 0 heteroatoms. The Balaban J connectivity index is 6.40. The molecule has 0 rings (SSSR count). The van der Waals surface area contributed by atoms with Gasteiger partial charge in [-0.2, -0.15) is 0 Å². The smallest absolute Gasteiger partial charge is 0.0267 e. The molecule has 0 nitrogen and oxygen atoms in total. The van der Waals surface area contributed by atoms with Gasteiger partial charge in [-0.3, -0.25) is 0 Å². The first kappa shape index (κ1) is 1.41. The lowest BCUT2D eigenvalue weighted by Gasteiger charge is -1.97. The van der Waals surface area contributed by atoms with Crippen LogP contribution in [0.1, 0.15) is 85.4 Å². The molecule has 0 radical (unpaired) electrons. The molecule has 0 aromatic carbocycles. The molecule has 0 aliphatic rings. The van der Waals surface area contributed by atoms with Gasteiger partial charge in [-0.25, -0.2) is 0 Å². The molecule has 0 unspecified atom stereocenters. The second-order valence-electron chi connectivity index (χ2n) is 1.55. The largest absolute Gasteiger partial charge is 0.0654 e. The van der Waals surface area contributed by atoms with Crippen molar-refractivity contribution in [2.45, 2.75) is 64.9 Å². The van der Waals surface area contributed by atoms with Crippen LogP contribution in [-0.4, -0.2) is 0 Å². The third-order valence-electron chi connectivity index (χ3n) is 0.713. The summed E-state index contributed by atoms with van der Waals surface area (Å²) < 4.78 is 114. The highest BCUT2D eigenvalue weighted by molar-refractivity contribution is 4.43. The zero-order valence-corrected chi connectivity index (χ0v) is 5.91. The van der Waals surface area contributed by atoms with Gasteiger partial charge in [0.25, 0.3) is 0 Å². The van der Waals surface area contributed by atoms with Crippen LogP contribution >= 0.6 is 0 Å². The SMILES string of the molecule is [2H]C([2H])([2H])C([2H])([2H])C([2H])([2H])C([2H])([2H])C([2H])([2H])C([2H])([2H])C([2H])([2H])CCC. The van der Waals surface area contributed by atoms with E-state index in [0.717, 1.165) is 0 Å². The summed E-state index contributed by atoms with van der Waals surface area (Å²) in [6.45, 7) is -2.17. The summed E-state index contributed by atoms with van der Waals surface area (Å²) in [5.41, 5.74) is 0. The van der Waals surface area contributed by atoms with Crippen LogP contribution in [0, 0.1) is 0 Å². The molecule has 0 amide bonds. The Morgan fingerprint density at radius 2 is 1.80 bits per heavy atom. The zero-order chi connectivity index (χ0) is 20.9. The van der Waals surface area contributed by atoms with E-state index in [9.17, 15) is 0 Å². The molecule has 10 heavy (non-hydrogen) atoms. The molecule has 62 valence electrons. The van der Waals surface area contributed by atoms with E-state index in [1.54, 1.807) is 0 Å². The topological polar surface area (TPSA) is 0 Å². The fraction of sp³-hybridized carbons (Fsp3) is 1.00. The molecule has 0 saturated carbocycles. The molecule has 0 atom stereocenters. The zero-order valence-electron chi connectivity index (χ0n) is 20.9. The lowest BCUT2D eigenvalue weighted by Crippen LogP contribution is -1.77. The van der Waals surface area contributed by atoms with Crippen LogP contribution in [0.15, 0.2) is 0 Å². The van der Waals surface area contributed by atoms with Crippen LogP contribution < -0.4 is 0 Å². The van der Waals surface area contributed by atoms with Crippen LogP contribution in [0.25, 0.3) is 0 Å². The summed E-state index contributed by atoms with van der Waals surface area (Å²) in [7, 11) is 0. The van der Waals surface area contributed by atoms with Crippen molar-refractivity contribution in [3.63, 3.8) is 0 Å². The molecule has 0 aliphatic carbocycles. The average Bonchev–Trinajstić information content (AvgIpc) is 2.35. The van der Waals surface area contributed by atoms with Gasteiger partial charge in [0.05, 0.1) is 0 Å². The maximum Gasteiger partial charge on any atom is 0.0267 e. The van der Waals surface area contributed by atoms with E-state index in [1.807, 2.05) is 0 Å². The van der Waals surface area contributed by atoms with Crippen LogP contribution in [0.2, 0.25) is 0 Å². The van der Waals surface area contributed by atoms with Gasteiger partial charge < -0.3 is 0 Å². The monoisotopic (exact) mass is 157 g/mol. The molecular formula is C10H22. The molecule has 0 heterocycles. The maximum absolute atomic E-state index is 7.79. The highest BCUT2D eigenvalue weighted by atomic mass is 13.9. The quantitative estimate of drug-likeness (QED) is 0.521. The third-order valence-corrected chi connectivity index (χ3v) is 0.713. The van der Waals surface area contributed by atoms with Gasteiger partial charge in [0.1, 0.15) is 0 Å². The minimum atomic E-state index is -4.01. The Morgan fingerprint density at radius 1 is 1.10 bits per heavy atom. The van der Waals surface area contributed by atoms with Gasteiger partial charge >= 0.3 is 0 Å². The van der Waals surface area contributed by atoms with E-state index >= 15 is 0 Å². The molecular weight excluding hydrogens is 120 g/mol. The normalized spacial score (nSPS) is 42.3. The fourth-order valence-corrected chi connectivity index (χ4v) is 0.325. The molecule has 0 spiro atoms. The van der Waals surface area contributed by atoms with E-state index in [4.69, 9.17) is 20.6 Å². The second-order valence-corrected chi connectivity index (χ2v) is 1.55. The molecule has 0 aromatic rings. The van der Waals surface area contributed by atoms with Gasteiger partial charge in [0.15, 0.2) is 0 Å². The van der Waals surface area contributed by atoms with Crippen molar-refractivity contribution in [3.05, 3.63) is 0 Å². The van der Waals surface area contributed by atoms with Crippen molar-refractivity contribution in [1.82, 2.24) is 0 Å². The Bertz CT molecular complexity index is 471. The first-order chi connectivity index (χ1) is 10.6. The molecule has 0 fully saturated rings. The minimum Gasteiger partial charge on any atom is -0.0654 e. The van der Waals surface area contributed by atoms with Crippen LogP contribution in [0.4, 0.5) is 0 Å². The fourth-order valence-electron chi connectivity index (χ4n) is 0.325. The van der Waals surface area contributed by atoms with Gasteiger partial charge in [0, 0.05) is 20.6 Å². The predicted molar refractivity (Wildman–Crippen MR) is 48.3 cm³/mol. The lowest BCUT2D eigenvalue weighted by atomic mass is 10.1. The second kappa shape index (κ2) is 9.00. The van der Waals surface area contributed by atoms with E-state index in [1.165, 1.54) is 6.92 Å². The summed E-state index contributed by atoms with van der Waals surface area (Å²) in [6, 6.07) is 0. The molecule has 0 aliphatic heterocycles. The summed E-state index contributed by atoms with van der Waals surface area (Å²) in [5.74, 6) is 0. The van der Waals surface area contributed by atoms with Crippen LogP contribution in [-0.2, 0) is 0 Å². The minimum absolute atomic E-state index is 0.0918. The van der Waals surface area contributed by atoms with Crippen molar-refractivity contribution < 1.29 is 20.6 Å². The number of hydrogen-bond acceptors (Lipinski definition) is 0.